The highest BCUT2D eigenvalue weighted by Crippen LogP contribution is 2.29. The van der Waals surface area contributed by atoms with Crippen molar-refractivity contribution in [1.29, 1.82) is 0 Å². The first-order chi connectivity index (χ1) is 7.83. The van der Waals surface area contributed by atoms with Crippen LogP contribution in [-0.2, 0) is 0 Å². The number of thioether (sulfide) groups is 1. The normalized spacial score (nSPS) is 12.4. The van der Waals surface area contributed by atoms with Crippen molar-refractivity contribution < 1.29 is 5.11 Å². The zero-order valence-corrected chi connectivity index (χ0v) is 9.82. The Bertz CT molecular complexity index is 458. The fourth-order valence-electron chi connectivity index (χ4n) is 1.61. The van der Waals surface area contributed by atoms with E-state index in [2.05, 4.69) is 4.98 Å². The van der Waals surface area contributed by atoms with Crippen LogP contribution < -0.4 is 0 Å². The molecule has 0 aliphatic heterocycles. The lowest BCUT2D eigenvalue weighted by atomic mass is 10.0. The summed E-state index contributed by atoms with van der Waals surface area (Å²) in [6, 6.07) is 11.6. The summed E-state index contributed by atoms with van der Waals surface area (Å²) in [7, 11) is 0. The minimum Gasteiger partial charge on any atom is -0.384 e. The van der Waals surface area contributed by atoms with Gasteiger partial charge >= 0.3 is 0 Å². The molecule has 1 heterocycles. The summed E-state index contributed by atoms with van der Waals surface area (Å²) < 4.78 is 0. The zero-order chi connectivity index (χ0) is 11.4. The van der Waals surface area contributed by atoms with Gasteiger partial charge in [0.1, 0.15) is 6.10 Å². The lowest BCUT2D eigenvalue weighted by Gasteiger charge is -2.14. The Kier molecular flexibility index (Phi) is 3.59. The maximum absolute atomic E-state index is 10.3. The number of hydrogen-bond donors (Lipinski definition) is 1. The molecule has 2 aromatic rings. The molecule has 82 valence electrons. The summed E-state index contributed by atoms with van der Waals surface area (Å²) >= 11 is 1.64. The van der Waals surface area contributed by atoms with Gasteiger partial charge in [-0.3, -0.25) is 4.98 Å². The smallest absolute Gasteiger partial charge is 0.107 e. The Morgan fingerprint density at radius 3 is 2.69 bits per heavy atom. The van der Waals surface area contributed by atoms with Crippen molar-refractivity contribution in [2.45, 2.75) is 11.0 Å². The molecule has 1 N–H and O–H groups in total. The minimum absolute atomic E-state index is 0.600. The first-order valence-corrected chi connectivity index (χ1v) is 6.26. The third kappa shape index (κ3) is 2.26. The Labute approximate surface area is 99.4 Å². The van der Waals surface area contributed by atoms with Crippen LogP contribution in [0.25, 0.3) is 0 Å². The fraction of sp³-hybridized carbons (Fsp3) is 0.154. The van der Waals surface area contributed by atoms with Gasteiger partial charge < -0.3 is 5.11 Å². The first kappa shape index (κ1) is 11.2. The van der Waals surface area contributed by atoms with Crippen LogP contribution in [0, 0.1) is 0 Å². The summed E-state index contributed by atoms with van der Waals surface area (Å²) in [4.78, 5) is 5.12. The lowest BCUT2D eigenvalue weighted by molar-refractivity contribution is 0.217. The molecule has 1 aromatic heterocycles. The molecule has 0 fully saturated rings. The molecule has 0 aliphatic rings. The molecular formula is C13H13NOS. The van der Waals surface area contributed by atoms with Crippen LogP contribution in [0.4, 0.5) is 0 Å². The highest BCUT2D eigenvalue weighted by atomic mass is 32.2. The Hall–Kier alpha value is -1.32. The monoisotopic (exact) mass is 231 g/mol. The molecule has 0 saturated heterocycles. The second-order valence-corrected chi connectivity index (χ2v) is 4.28. The maximum Gasteiger partial charge on any atom is 0.107 e. The number of pyridine rings is 1. The van der Waals surface area contributed by atoms with Gasteiger partial charge in [0, 0.05) is 22.9 Å². The number of benzene rings is 1. The van der Waals surface area contributed by atoms with E-state index in [-0.39, 0.29) is 0 Å². The number of aliphatic hydroxyl groups excluding tert-OH is 1. The summed E-state index contributed by atoms with van der Waals surface area (Å²) in [6.45, 7) is 0. The molecule has 16 heavy (non-hydrogen) atoms. The van der Waals surface area contributed by atoms with Crippen molar-refractivity contribution in [2.75, 3.05) is 6.26 Å². The predicted molar refractivity (Wildman–Crippen MR) is 66.5 cm³/mol. The van der Waals surface area contributed by atoms with E-state index >= 15 is 0 Å². The second-order valence-electron chi connectivity index (χ2n) is 3.43. The number of rotatable bonds is 3. The second kappa shape index (κ2) is 5.14. The van der Waals surface area contributed by atoms with E-state index in [1.165, 1.54) is 0 Å². The minimum atomic E-state index is -0.600. The molecule has 3 heteroatoms. The van der Waals surface area contributed by atoms with E-state index in [0.29, 0.717) is 0 Å². The topological polar surface area (TPSA) is 33.1 Å². The van der Waals surface area contributed by atoms with E-state index in [4.69, 9.17) is 0 Å². The molecule has 0 amide bonds. The largest absolute Gasteiger partial charge is 0.384 e. The first-order valence-electron chi connectivity index (χ1n) is 5.04. The Balaban J connectivity index is 2.37. The van der Waals surface area contributed by atoms with E-state index in [9.17, 15) is 5.11 Å². The Morgan fingerprint density at radius 1 is 1.19 bits per heavy atom. The lowest BCUT2D eigenvalue weighted by Crippen LogP contribution is -2.01. The van der Waals surface area contributed by atoms with Crippen molar-refractivity contribution >= 4 is 11.8 Å². The molecule has 1 aromatic carbocycles. The number of aliphatic hydroxyl groups is 1. The predicted octanol–water partition coefficient (Wildman–Crippen LogP) is 2.89. The highest BCUT2D eigenvalue weighted by molar-refractivity contribution is 7.98. The van der Waals surface area contributed by atoms with Crippen LogP contribution in [0.1, 0.15) is 17.2 Å². The zero-order valence-electron chi connectivity index (χ0n) is 9.00. The molecule has 1 atom stereocenters. The molecule has 0 spiro atoms. The van der Waals surface area contributed by atoms with Crippen LogP contribution in [0.2, 0.25) is 0 Å². The highest BCUT2D eigenvalue weighted by Gasteiger charge is 2.13. The number of aromatic nitrogens is 1. The maximum atomic E-state index is 10.3. The van der Waals surface area contributed by atoms with Gasteiger partial charge in [-0.15, -0.1) is 11.8 Å². The van der Waals surface area contributed by atoms with Crippen LogP contribution >= 0.6 is 11.8 Å². The van der Waals surface area contributed by atoms with Gasteiger partial charge in [-0.1, -0.05) is 24.3 Å². The third-order valence-electron chi connectivity index (χ3n) is 2.43. The molecule has 1 unspecified atom stereocenters. The van der Waals surface area contributed by atoms with Crippen molar-refractivity contribution in [3.05, 3.63) is 59.9 Å². The van der Waals surface area contributed by atoms with Crippen molar-refractivity contribution in [1.82, 2.24) is 4.98 Å². The molecule has 0 aliphatic carbocycles. The van der Waals surface area contributed by atoms with Gasteiger partial charge in [-0.2, -0.15) is 0 Å². The van der Waals surface area contributed by atoms with Crippen LogP contribution in [0.5, 0.6) is 0 Å². The average molecular weight is 231 g/mol. The van der Waals surface area contributed by atoms with Crippen molar-refractivity contribution in [3.63, 3.8) is 0 Å². The van der Waals surface area contributed by atoms with Gasteiger partial charge in [0.15, 0.2) is 0 Å². The molecular weight excluding hydrogens is 218 g/mol. The molecule has 2 rings (SSSR count). The number of nitrogens with zero attached hydrogens (tertiary/aromatic N) is 1. The summed E-state index contributed by atoms with van der Waals surface area (Å²) in [5, 5.41) is 10.3. The van der Waals surface area contributed by atoms with Gasteiger partial charge in [-0.05, 0) is 24.0 Å². The standard InChI is InChI=1S/C13H13NOS/c1-16-12-7-3-2-6-11(12)13(15)10-5-4-8-14-9-10/h2-9,13,15H,1H3. The van der Waals surface area contributed by atoms with Gasteiger partial charge in [0.05, 0.1) is 0 Å². The van der Waals surface area contributed by atoms with Crippen molar-refractivity contribution in [3.8, 4) is 0 Å². The van der Waals surface area contributed by atoms with Crippen LogP contribution in [0.3, 0.4) is 0 Å². The summed E-state index contributed by atoms with van der Waals surface area (Å²) in [6.07, 6.45) is 4.81. The van der Waals surface area contributed by atoms with E-state index in [1.807, 2.05) is 42.7 Å². The van der Waals surface area contributed by atoms with Crippen LogP contribution in [0.15, 0.2) is 53.7 Å². The molecule has 0 radical (unpaired) electrons. The molecule has 0 bridgehead atoms. The number of hydrogen-bond acceptors (Lipinski definition) is 3. The SMILES string of the molecule is CSc1ccccc1C(O)c1cccnc1. The third-order valence-corrected chi connectivity index (χ3v) is 3.25. The molecule has 2 nitrogen and oxygen atoms in total. The quantitative estimate of drug-likeness (QED) is 0.824. The van der Waals surface area contributed by atoms with Gasteiger partial charge in [0.25, 0.3) is 0 Å². The van der Waals surface area contributed by atoms with Gasteiger partial charge in [-0.25, -0.2) is 0 Å². The average Bonchev–Trinajstić information content (AvgIpc) is 2.39. The van der Waals surface area contributed by atoms with E-state index in [0.717, 1.165) is 16.0 Å². The van der Waals surface area contributed by atoms with Crippen LogP contribution in [-0.4, -0.2) is 16.3 Å². The molecule has 0 saturated carbocycles. The summed E-state index contributed by atoms with van der Waals surface area (Å²) in [5.74, 6) is 0. The summed E-state index contributed by atoms with van der Waals surface area (Å²) in [5.41, 5.74) is 1.76. The Morgan fingerprint density at radius 2 is 2.00 bits per heavy atom. The van der Waals surface area contributed by atoms with E-state index < -0.39 is 6.10 Å². The fourth-order valence-corrected chi connectivity index (χ4v) is 2.24. The van der Waals surface area contributed by atoms with E-state index in [1.54, 1.807) is 24.2 Å². The van der Waals surface area contributed by atoms with Gasteiger partial charge in [0.2, 0.25) is 0 Å². The van der Waals surface area contributed by atoms with Crippen molar-refractivity contribution in [2.24, 2.45) is 0 Å².